The van der Waals surface area contributed by atoms with E-state index in [1.807, 2.05) is 6.92 Å². The number of furan rings is 1. The molecule has 0 aromatic carbocycles. The maximum absolute atomic E-state index is 11.7. The Kier molecular flexibility index (Phi) is 2.96. The molecule has 2 rings (SSSR count). The molecule has 1 aromatic heterocycles. The third-order valence-corrected chi connectivity index (χ3v) is 4.16. The highest BCUT2D eigenvalue weighted by atomic mass is 32.2. The van der Waals surface area contributed by atoms with Crippen LogP contribution in [0.4, 0.5) is 0 Å². The van der Waals surface area contributed by atoms with Crippen molar-refractivity contribution in [3.8, 4) is 0 Å². The summed E-state index contributed by atoms with van der Waals surface area (Å²) in [5, 5.41) is 8.26. The predicted molar refractivity (Wildman–Crippen MR) is 58.1 cm³/mol. The van der Waals surface area contributed by atoms with Gasteiger partial charge in [-0.2, -0.15) is 0 Å². The van der Waals surface area contributed by atoms with Crippen LogP contribution in [0, 0.1) is 11.8 Å². The van der Waals surface area contributed by atoms with Gasteiger partial charge in [0.25, 0.3) is 10.0 Å². The smallest absolute Gasteiger partial charge is 0.371 e. The van der Waals surface area contributed by atoms with Crippen LogP contribution in [0.1, 0.15) is 23.9 Å². The third-order valence-electron chi connectivity index (χ3n) is 2.87. The van der Waals surface area contributed by atoms with E-state index in [1.165, 1.54) is 0 Å². The number of aromatic carboxylic acids is 1. The average molecular weight is 259 g/mol. The molecule has 0 saturated heterocycles. The lowest BCUT2D eigenvalue weighted by atomic mass is 10.3. The Bertz CT molecular complexity index is 533. The zero-order chi connectivity index (χ0) is 12.6. The topological polar surface area (TPSA) is 96.6 Å². The number of hydrogen-bond acceptors (Lipinski definition) is 4. The van der Waals surface area contributed by atoms with Gasteiger partial charge in [-0.05, 0) is 30.4 Å². The lowest BCUT2D eigenvalue weighted by molar-refractivity contribution is 0.0656. The van der Waals surface area contributed by atoms with Gasteiger partial charge < -0.3 is 9.52 Å². The number of sulfonamides is 1. The van der Waals surface area contributed by atoms with Gasteiger partial charge in [0.05, 0.1) is 0 Å². The van der Waals surface area contributed by atoms with Crippen molar-refractivity contribution in [3.05, 3.63) is 17.9 Å². The van der Waals surface area contributed by atoms with Crippen molar-refractivity contribution >= 4 is 16.0 Å². The summed E-state index contributed by atoms with van der Waals surface area (Å²) < 4.78 is 30.6. The van der Waals surface area contributed by atoms with Gasteiger partial charge >= 0.3 is 5.97 Å². The average Bonchev–Trinajstić information content (AvgIpc) is 2.78. The SMILES string of the molecule is CC1CC1CNS(=O)(=O)c1ccc(C(=O)O)o1. The van der Waals surface area contributed by atoms with Gasteiger partial charge in [-0.15, -0.1) is 0 Å². The second kappa shape index (κ2) is 4.15. The van der Waals surface area contributed by atoms with Crippen LogP contribution in [0.5, 0.6) is 0 Å². The number of carboxylic acids is 1. The molecule has 6 nitrogen and oxygen atoms in total. The molecular formula is C10H13NO5S. The summed E-state index contributed by atoms with van der Waals surface area (Å²) >= 11 is 0. The molecule has 0 aliphatic heterocycles. The monoisotopic (exact) mass is 259 g/mol. The standard InChI is InChI=1S/C10H13NO5S/c1-6-4-7(6)5-11-17(14,15)9-3-2-8(16-9)10(12)13/h2-3,6-7,11H,4-5H2,1H3,(H,12,13). The van der Waals surface area contributed by atoms with Crippen LogP contribution in [0.15, 0.2) is 21.6 Å². The van der Waals surface area contributed by atoms with Crippen molar-refractivity contribution in [2.45, 2.75) is 18.4 Å². The van der Waals surface area contributed by atoms with Gasteiger partial charge in [0.2, 0.25) is 10.9 Å². The van der Waals surface area contributed by atoms with Crippen LogP contribution >= 0.6 is 0 Å². The first-order chi connectivity index (χ1) is 7.90. The number of carboxylic acid groups (broad SMARTS) is 1. The highest BCUT2D eigenvalue weighted by Gasteiger charge is 2.34. The van der Waals surface area contributed by atoms with Crippen LogP contribution in [-0.4, -0.2) is 26.0 Å². The highest BCUT2D eigenvalue weighted by Crippen LogP contribution is 2.37. The second-order valence-corrected chi connectivity index (χ2v) is 5.95. The summed E-state index contributed by atoms with van der Waals surface area (Å²) in [5.41, 5.74) is 0. The minimum atomic E-state index is -3.73. The van der Waals surface area contributed by atoms with Gasteiger partial charge in [-0.25, -0.2) is 17.9 Å². The molecule has 0 radical (unpaired) electrons. The Morgan fingerprint density at radius 2 is 2.24 bits per heavy atom. The van der Waals surface area contributed by atoms with E-state index in [4.69, 9.17) is 9.52 Å². The molecule has 1 fully saturated rings. The van der Waals surface area contributed by atoms with E-state index in [-0.39, 0.29) is 10.9 Å². The molecule has 2 N–H and O–H groups in total. The summed E-state index contributed by atoms with van der Waals surface area (Å²) in [4.78, 5) is 10.6. The van der Waals surface area contributed by atoms with E-state index in [9.17, 15) is 13.2 Å². The third kappa shape index (κ3) is 2.67. The van der Waals surface area contributed by atoms with Gasteiger partial charge in [0.15, 0.2) is 0 Å². The Balaban J connectivity index is 2.05. The van der Waals surface area contributed by atoms with E-state index >= 15 is 0 Å². The van der Waals surface area contributed by atoms with E-state index in [0.29, 0.717) is 18.4 Å². The Morgan fingerprint density at radius 1 is 1.59 bits per heavy atom. The fraction of sp³-hybridized carbons (Fsp3) is 0.500. The molecular weight excluding hydrogens is 246 g/mol. The Morgan fingerprint density at radius 3 is 2.71 bits per heavy atom. The van der Waals surface area contributed by atoms with Crippen molar-refractivity contribution in [2.24, 2.45) is 11.8 Å². The predicted octanol–water partition coefficient (Wildman–Crippen LogP) is 0.912. The van der Waals surface area contributed by atoms with E-state index in [2.05, 4.69) is 4.72 Å². The molecule has 0 bridgehead atoms. The first-order valence-electron chi connectivity index (χ1n) is 5.23. The molecule has 7 heteroatoms. The van der Waals surface area contributed by atoms with E-state index in [0.717, 1.165) is 18.6 Å². The van der Waals surface area contributed by atoms with Crippen molar-refractivity contribution in [1.82, 2.24) is 4.72 Å². The zero-order valence-electron chi connectivity index (χ0n) is 9.21. The van der Waals surface area contributed by atoms with Crippen LogP contribution in [0.3, 0.4) is 0 Å². The Labute approximate surface area is 98.7 Å². The van der Waals surface area contributed by atoms with Crippen molar-refractivity contribution in [3.63, 3.8) is 0 Å². The summed E-state index contributed by atoms with van der Waals surface area (Å²) in [5.74, 6) is -0.755. The van der Waals surface area contributed by atoms with Crippen molar-refractivity contribution in [2.75, 3.05) is 6.54 Å². The van der Waals surface area contributed by atoms with Crippen LogP contribution in [-0.2, 0) is 10.0 Å². The summed E-state index contributed by atoms with van der Waals surface area (Å²) in [6.07, 6.45) is 1.01. The largest absolute Gasteiger partial charge is 0.475 e. The minimum Gasteiger partial charge on any atom is -0.475 e. The molecule has 2 atom stereocenters. The summed E-state index contributed by atoms with van der Waals surface area (Å²) in [6.45, 7) is 2.42. The van der Waals surface area contributed by atoms with Gasteiger partial charge in [-0.1, -0.05) is 6.92 Å². The number of hydrogen-bond donors (Lipinski definition) is 2. The zero-order valence-corrected chi connectivity index (χ0v) is 10.0. The van der Waals surface area contributed by atoms with Gasteiger partial charge in [0.1, 0.15) is 0 Å². The normalized spacial score (nSPS) is 23.6. The molecule has 1 heterocycles. The molecule has 1 saturated carbocycles. The quantitative estimate of drug-likeness (QED) is 0.819. The second-order valence-electron chi connectivity index (χ2n) is 4.25. The molecule has 1 aliphatic rings. The van der Waals surface area contributed by atoms with Crippen molar-refractivity contribution < 1.29 is 22.7 Å². The first-order valence-corrected chi connectivity index (χ1v) is 6.71. The van der Waals surface area contributed by atoms with E-state index in [1.54, 1.807) is 0 Å². The lowest BCUT2D eigenvalue weighted by Gasteiger charge is -2.02. The molecule has 0 spiro atoms. The maximum Gasteiger partial charge on any atom is 0.371 e. The van der Waals surface area contributed by atoms with Crippen LogP contribution < -0.4 is 4.72 Å². The van der Waals surface area contributed by atoms with Gasteiger partial charge in [-0.3, -0.25) is 0 Å². The molecule has 0 amide bonds. The molecule has 2 unspecified atom stereocenters. The molecule has 17 heavy (non-hydrogen) atoms. The van der Waals surface area contributed by atoms with Crippen LogP contribution in [0.2, 0.25) is 0 Å². The molecule has 1 aliphatic carbocycles. The highest BCUT2D eigenvalue weighted by molar-refractivity contribution is 7.89. The molecule has 94 valence electrons. The first kappa shape index (κ1) is 12.1. The minimum absolute atomic E-state index is 0.358. The maximum atomic E-state index is 11.7. The number of rotatable bonds is 5. The Hall–Kier alpha value is -1.34. The van der Waals surface area contributed by atoms with E-state index < -0.39 is 16.0 Å². The van der Waals surface area contributed by atoms with Crippen LogP contribution in [0.25, 0.3) is 0 Å². The number of nitrogens with one attached hydrogen (secondary N) is 1. The van der Waals surface area contributed by atoms with Gasteiger partial charge in [0, 0.05) is 6.54 Å². The number of carbonyl (C=O) groups is 1. The fourth-order valence-corrected chi connectivity index (χ4v) is 2.57. The fourth-order valence-electron chi connectivity index (χ4n) is 1.55. The summed E-state index contributed by atoms with van der Waals surface area (Å²) in [6, 6.07) is 2.26. The summed E-state index contributed by atoms with van der Waals surface area (Å²) in [7, 11) is -3.73. The lowest BCUT2D eigenvalue weighted by Crippen LogP contribution is -2.25. The molecule has 1 aromatic rings. The van der Waals surface area contributed by atoms with Crippen molar-refractivity contribution in [1.29, 1.82) is 0 Å².